The molecule has 1 aliphatic rings. The lowest BCUT2D eigenvalue weighted by Gasteiger charge is -2.41. The first-order valence-electron chi connectivity index (χ1n) is 9.54. The van der Waals surface area contributed by atoms with Crippen LogP contribution >= 0.6 is 11.8 Å². The van der Waals surface area contributed by atoms with E-state index in [2.05, 4.69) is 17.0 Å². The molecule has 28 heavy (non-hydrogen) atoms. The van der Waals surface area contributed by atoms with Crippen LogP contribution in [0.25, 0.3) is 0 Å². The lowest BCUT2D eigenvalue weighted by atomic mass is 10.0. The van der Waals surface area contributed by atoms with Crippen LogP contribution in [0, 0.1) is 0 Å². The average Bonchev–Trinajstić information content (AvgIpc) is 2.62. The smallest absolute Gasteiger partial charge is 0.237 e. The maximum absolute atomic E-state index is 12.5. The number of carbonyl (C=O) groups excluding carboxylic acids is 2. The van der Waals surface area contributed by atoms with Gasteiger partial charge >= 0.3 is 0 Å². The van der Waals surface area contributed by atoms with Crippen molar-refractivity contribution in [1.29, 1.82) is 0 Å². The third kappa shape index (κ3) is 6.49. The van der Waals surface area contributed by atoms with Crippen molar-refractivity contribution >= 4 is 33.6 Å². The summed E-state index contributed by atoms with van der Waals surface area (Å²) in [4.78, 5) is 27.6. The van der Waals surface area contributed by atoms with E-state index in [4.69, 9.17) is 0 Å². The average molecular weight is 428 g/mol. The van der Waals surface area contributed by atoms with E-state index in [9.17, 15) is 18.0 Å². The van der Waals surface area contributed by atoms with Crippen LogP contribution < -0.4 is 10.0 Å². The molecule has 156 valence electrons. The summed E-state index contributed by atoms with van der Waals surface area (Å²) in [5, 5.41) is 2.74. The van der Waals surface area contributed by atoms with Gasteiger partial charge in [-0.2, -0.15) is 0 Å². The minimum atomic E-state index is -3.44. The number of amides is 2. The molecule has 2 rings (SSSR count). The summed E-state index contributed by atoms with van der Waals surface area (Å²) in [6, 6.07) is 7.14. The van der Waals surface area contributed by atoms with Gasteiger partial charge in [-0.15, -0.1) is 11.8 Å². The molecule has 2 N–H and O–H groups in total. The summed E-state index contributed by atoms with van der Waals surface area (Å²) in [6.07, 6.45) is 1.17. The highest BCUT2D eigenvalue weighted by Gasteiger charge is 2.32. The summed E-state index contributed by atoms with van der Waals surface area (Å²) >= 11 is 1.76. The summed E-state index contributed by atoms with van der Waals surface area (Å²) in [7, 11) is -3.44. The van der Waals surface area contributed by atoms with Crippen molar-refractivity contribution in [3.05, 3.63) is 29.8 Å². The number of carbonyl (C=O) groups is 2. The van der Waals surface area contributed by atoms with Gasteiger partial charge in [0.2, 0.25) is 21.8 Å². The molecule has 1 saturated heterocycles. The Morgan fingerprint density at radius 3 is 2.46 bits per heavy atom. The summed E-state index contributed by atoms with van der Waals surface area (Å²) in [5.41, 5.74) is 0.975. The number of nitrogens with one attached hydrogen (secondary N) is 2. The van der Waals surface area contributed by atoms with Crippen molar-refractivity contribution in [3.8, 4) is 0 Å². The Morgan fingerprint density at radius 2 is 1.93 bits per heavy atom. The summed E-state index contributed by atoms with van der Waals surface area (Å²) in [5.74, 6) is 0.590. The molecule has 2 unspecified atom stereocenters. The maximum Gasteiger partial charge on any atom is 0.237 e. The van der Waals surface area contributed by atoms with E-state index in [1.54, 1.807) is 16.7 Å². The van der Waals surface area contributed by atoms with Crippen molar-refractivity contribution in [2.75, 3.05) is 24.6 Å². The highest BCUT2D eigenvalue weighted by molar-refractivity contribution is 7.99. The number of hydrogen-bond acceptors (Lipinski definition) is 5. The Hall–Kier alpha value is -1.58. The molecule has 7 nitrogen and oxygen atoms in total. The van der Waals surface area contributed by atoms with E-state index >= 15 is 0 Å². The van der Waals surface area contributed by atoms with Gasteiger partial charge in [-0.3, -0.25) is 9.59 Å². The molecule has 2 amide bonds. The van der Waals surface area contributed by atoms with Crippen LogP contribution in [0.3, 0.4) is 0 Å². The first-order valence-corrected chi connectivity index (χ1v) is 12.2. The fourth-order valence-corrected chi connectivity index (χ4v) is 4.38. The van der Waals surface area contributed by atoms with Gasteiger partial charge in [0.25, 0.3) is 0 Å². The van der Waals surface area contributed by atoms with Gasteiger partial charge in [0.15, 0.2) is 0 Å². The Bertz CT molecular complexity index is 781. The highest BCUT2D eigenvalue weighted by Crippen LogP contribution is 2.21. The maximum atomic E-state index is 12.5. The lowest BCUT2D eigenvalue weighted by Crippen LogP contribution is -2.57. The van der Waals surface area contributed by atoms with Gasteiger partial charge in [-0.05, 0) is 43.7 Å². The normalized spacial score (nSPS) is 17.7. The molecular formula is C19H29N3O4S2. The van der Waals surface area contributed by atoms with E-state index in [1.807, 2.05) is 24.3 Å². The van der Waals surface area contributed by atoms with Crippen molar-refractivity contribution in [2.45, 2.75) is 50.6 Å². The van der Waals surface area contributed by atoms with Crippen LogP contribution in [0.5, 0.6) is 0 Å². The predicted octanol–water partition coefficient (Wildman–Crippen LogP) is 1.39. The molecular weight excluding hydrogens is 398 g/mol. The first kappa shape index (κ1) is 22.7. The Labute approximate surface area is 171 Å². The number of rotatable bonds is 10. The quantitative estimate of drug-likeness (QED) is 0.550. The van der Waals surface area contributed by atoms with Crippen molar-refractivity contribution in [3.63, 3.8) is 0 Å². The number of sulfonamides is 1. The second-order valence-electron chi connectivity index (χ2n) is 6.77. The van der Waals surface area contributed by atoms with E-state index in [0.717, 1.165) is 17.7 Å². The van der Waals surface area contributed by atoms with Crippen LogP contribution in [-0.4, -0.2) is 61.8 Å². The number of thioether (sulfide) groups is 1. The van der Waals surface area contributed by atoms with Crippen LogP contribution in [0.1, 0.15) is 32.8 Å². The zero-order chi connectivity index (χ0) is 20.7. The van der Waals surface area contributed by atoms with Crippen molar-refractivity contribution < 1.29 is 18.0 Å². The van der Waals surface area contributed by atoms with E-state index < -0.39 is 16.1 Å². The SMILES string of the molecule is CCSc1ccc(CC(=O)N2CCC2CNC(=O)C(C)NS(=O)(=O)CC)cc1. The van der Waals surface area contributed by atoms with E-state index in [0.29, 0.717) is 19.5 Å². The Kier molecular flexibility index (Phi) is 8.33. The van der Waals surface area contributed by atoms with Crippen LogP contribution in [0.4, 0.5) is 0 Å². The molecule has 1 fully saturated rings. The molecule has 0 saturated carbocycles. The summed E-state index contributed by atoms with van der Waals surface area (Å²) < 4.78 is 25.4. The first-order chi connectivity index (χ1) is 13.3. The summed E-state index contributed by atoms with van der Waals surface area (Å²) in [6.45, 7) is 6.13. The molecule has 0 spiro atoms. The molecule has 0 bridgehead atoms. The monoisotopic (exact) mass is 427 g/mol. The molecule has 0 radical (unpaired) electrons. The second kappa shape index (κ2) is 10.3. The molecule has 1 aromatic carbocycles. The number of benzene rings is 1. The topological polar surface area (TPSA) is 95.6 Å². The highest BCUT2D eigenvalue weighted by atomic mass is 32.2. The van der Waals surface area contributed by atoms with Crippen molar-refractivity contribution in [1.82, 2.24) is 14.9 Å². The van der Waals surface area contributed by atoms with Gasteiger partial charge in [-0.25, -0.2) is 13.1 Å². The third-order valence-corrected chi connectivity index (χ3v) is 7.06. The molecule has 1 aliphatic heterocycles. The minimum Gasteiger partial charge on any atom is -0.353 e. The van der Waals surface area contributed by atoms with Gasteiger partial charge < -0.3 is 10.2 Å². The minimum absolute atomic E-state index is 0.0404. The zero-order valence-electron chi connectivity index (χ0n) is 16.6. The van der Waals surface area contributed by atoms with Crippen LogP contribution in [0.2, 0.25) is 0 Å². The van der Waals surface area contributed by atoms with Gasteiger partial charge in [-0.1, -0.05) is 19.1 Å². The second-order valence-corrected chi connectivity index (χ2v) is 10.2. The fourth-order valence-electron chi connectivity index (χ4n) is 2.91. The van der Waals surface area contributed by atoms with E-state index in [1.165, 1.54) is 18.7 Å². The Morgan fingerprint density at radius 1 is 1.25 bits per heavy atom. The zero-order valence-corrected chi connectivity index (χ0v) is 18.2. The number of hydrogen-bond donors (Lipinski definition) is 2. The van der Waals surface area contributed by atoms with Gasteiger partial charge in [0, 0.05) is 18.0 Å². The largest absolute Gasteiger partial charge is 0.353 e. The van der Waals surface area contributed by atoms with Gasteiger partial charge in [0.05, 0.1) is 24.3 Å². The van der Waals surface area contributed by atoms with E-state index in [-0.39, 0.29) is 23.6 Å². The standard InChI is InChI=1S/C19H29N3O4S2/c1-4-27-17-8-6-15(7-9-17)12-18(23)22-11-10-16(22)13-20-19(24)14(3)21-28(25,26)5-2/h6-9,14,16,21H,4-5,10-13H2,1-3H3,(H,20,24). The van der Waals surface area contributed by atoms with Crippen molar-refractivity contribution in [2.24, 2.45) is 0 Å². The van der Waals surface area contributed by atoms with Gasteiger partial charge in [0.1, 0.15) is 0 Å². The molecule has 9 heteroatoms. The molecule has 1 heterocycles. The molecule has 1 aromatic rings. The van der Waals surface area contributed by atoms with Crippen LogP contribution in [0.15, 0.2) is 29.2 Å². The molecule has 0 aliphatic carbocycles. The molecule has 0 aromatic heterocycles. The number of nitrogens with zero attached hydrogens (tertiary/aromatic N) is 1. The third-order valence-electron chi connectivity index (χ3n) is 4.70. The predicted molar refractivity (Wildman–Crippen MR) is 112 cm³/mol. The molecule has 2 atom stereocenters. The number of likely N-dealkylation sites (tertiary alicyclic amines) is 1. The van der Waals surface area contributed by atoms with Crippen LogP contribution in [-0.2, 0) is 26.0 Å². The lowest BCUT2D eigenvalue weighted by molar-refractivity contribution is -0.138. The Balaban J connectivity index is 1.80. The fraction of sp³-hybridized carbons (Fsp3) is 0.579.